The number of hydrogen-bond acceptors (Lipinski definition) is 1. The number of aldehydes is 1. The monoisotopic (exact) mass is 329 g/mol. The van der Waals surface area contributed by atoms with Crippen molar-refractivity contribution >= 4 is 44.0 Å². The second kappa shape index (κ2) is 5.41. The Hall–Kier alpha value is -1.61. The highest BCUT2D eigenvalue weighted by Crippen LogP contribution is 2.32. The van der Waals surface area contributed by atoms with Crippen molar-refractivity contribution in [1.82, 2.24) is 4.57 Å². The van der Waals surface area contributed by atoms with E-state index in [2.05, 4.69) is 51.7 Å². The number of hydrogen-bond donors (Lipinski definition) is 0. The number of carbonyl (C=O) groups excluding carboxylic acids is 1. The fourth-order valence-electron chi connectivity index (χ4n) is 2.72. The number of aryl methyl sites for hydroxylation is 1. The Balaban J connectivity index is 2.36. The second-order valence-corrected chi connectivity index (χ2v) is 5.98. The Bertz CT molecular complexity index is 788. The fraction of sp³-hybridized carbons (Fsp3) is 0.235. The molecule has 0 amide bonds. The lowest BCUT2D eigenvalue weighted by Crippen LogP contribution is -1.96. The van der Waals surface area contributed by atoms with Crippen LogP contribution in [0.25, 0.3) is 21.8 Å². The van der Waals surface area contributed by atoms with Crippen molar-refractivity contribution in [2.75, 3.05) is 0 Å². The van der Waals surface area contributed by atoms with Crippen LogP contribution in [-0.4, -0.2) is 10.9 Å². The van der Waals surface area contributed by atoms with Crippen molar-refractivity contribution in [2.24, 2.45) is 0 Å². The van der Waals surface area contributed by atoms with E-state index in [9.17, 15) is 4.79 Å². The third kappa shape index (κ3) is 2.16. The zero-order chi connectivity index (χ0) is 14.1. The molecule has 0 aliphatic carbocycles. The summed E-state index contributed by atoms with van der Waals surface area (Å²) in [5.41, 5.74) is 3.17. The van der Waals surface area contributed by atoms with E-state index in [-0.39, 0.29) is 0 Å². The van der Waals surface area contributed by atoms with Crippen LogP contribution in [0, 0.1) is 0 Å². The lowest BCUT2D eigenvalue weighted by atomic mass is 10.1. The lowest BCUT2D eigenvalue weighted by Gasteiger charge is -2.06. The van der Waals surface area contributed by atoms with E-state index < -0.39 is 0 Å². The van der Waals surface area contributed by atoms with Crippen LogP contribution < -0.4 is 0 Å². The minimum atomic E-state index is 0.729. The zero-order valence-electron chi connectivity index (χ0n) is 11.4. The van der Waals surface area contributed by atoms with Gasteiger partial charge in [-0.1, -0.05) is 29.3 Å². The molecule has 3 rings (SSSR count). The van der Waals surface area contributed by atoms with Gasteiger partial charge in [0.05, 0.1) is 0 Å². The molecule has 0 aliphatic rings. The first kappa shape index (κ1) is 13.4. The van der Waals surface area contributed by atoms with Gasteiger partial charge in [0.25, 0.3) is 0 Å². The second-order valence-electron chi connectivity index (χ2n) is 5.06. The fourth-order valence-corrected chi connectivity index (χ4v) is 3.09. The number of nitrogens with zero attached hydrogens (tertiary/aromatic N) is 1. The molecule has 3 heteroatoms. The van der Waals surface area contributed by atoms with E-state index in [0.29, 0.717) is 0 Å². The van der Waals surface area contributed by atoms with Crippen molar-refractivity contribution in [1.29, 1.82) is 0 Å². The maximum absolute atomic E-state index is 11.0. The summed E-state index contributed by atoms with van der Waals surface area (Å²) in [6.07, 6.45) is 3.24. The van der Waals surface area contributed by atoms with Crippen molar-refractivity contribution < 1.29 is 4.79 Å². The summed E-state index contributed by atoms with van der Waals surface area (Å²) in [7, 11) is 0. The topological polar surface area (TPSA) is 22.0 Å². The molecule has 1 aromatic heterocycles. The predicted molar refractivity (Wildman–Crippen MR) is 87.4 cm³/mol. The molecule has 0 N–H and O–H groups in total. The van der Waals surface area contributed by atoms with E-state index in [1.165, 1.54) is 22.8 Å². The number of carbonyl (C=O) groups is 1. The summed E-state index contributed by atoms with van der Waals surface area (Å²) >= 11 is 3.54. The summed E-state index contributed by atoms with van der Waals surface area (Å²) < 4.78 is 3.42. The van der Waals surface area contributed by atoms with Gasteiger partial charge in [-0.3, -0.25) is 4.79 Å². The largest absolute Gasteiger partial charge is 0.340 e. The Morgan fingerprint density at radius 3 is 2.50 bits per heavy atom. The maximum atomic E-state index is 11.0. The van der Waals surface area contributed by atoms with Crippen LogP contribution in [0.4, 0.5) is 0 Å². The molecular formula is C17H16BrNO. The van der Waals surface area contributed by atoms with Crippen LogP contribution in [0.5, 0.6) is 0 Å². The molecule has 20 heavy (non-hydrogen) atoms. The molecule has 2 aromatic carbocycles. The zero-order valence-corrected chi connectivity index (χ0v) is 13.0. The average molecular weight is 330 g/mol. The molecule has 0 atom stereocenters. The molecule has 0 bridgehead atoms. The number of unbranched alkanes of at least 4 members (excludes halogenated alkanes) is 1. The quantitative estimate of drug-likeness (QED) is 0.605. The van der Waals surface area contributed by atoms with Crippen molar-refractivity contribution in [3.05, 3.63) is 46.4 Å². The molecule has 102 valence electrons. The normalized spacial score (nSPS) is 11.3. The van der Waals surface area contributed by atoms with E-state index in [0.717, 1.165) is 34.7 Å². The highest BCUT2D eigenvalue weighted by molar-refractivity contribution is 9.10. The first-order valence-electron chi connectivity index (χ1n) is 6.91. The van der Waals surface area contributed by atoms with Gasteiger partial charge in [-0.2, -0.15) is 0 Å². The molecule has 0 aliphatic heterocycles. The number of benzene rings is 2. The number of fused-ring (bicyclic) bond motifs is 3. The molecule has 3 aromatic rings. The Morgan fingerprint density at radius 2 is 1.80 bits per heavy atom. The van der Waals surface area contributed by atoms with Crippen LogP contribution in [0.2, 0.25) is 0 Å². The minimum Gasteiger partial charge on any atom is -0.340 e. The first-order chi connectivity index (χ1) is 9.74. The smallest absolute Gasteiger partial charge is 0.150 e. The summed E-state index contributed by atoms with van der Waals surface area (Å²) in [6, 6.07) is 12.3. The SMILES string of the molecule is CCCCn1c2ccc(Br)cc2c2cc(C=O)ccc21. The lowest BCUT2D eigenvalue weighted by molar-refractivity contribution is 0.112. The van der Waals surface area contributed by atoms with Gasteiger partial charge in [0.15, 0.2) is 0 Å². The number of rotatable bonds is 4. The Kier molecular flexibility index (Phi) is 3.62. The first-order valence-corrected chi connectivity index (χ1v) is 7.70. The highest BCUT2D eigenvalue weighted by Gasteiger charge is 2.11. The van der Waals surface area contributed by atoms with E-state index in [4.69, 9.17) is 0 Å². The van der Waals surface area contributed by atoms with Gasteiger partial charge in [-0.15, -0.1) is 0 Å². The van der Waals surface area contributed by atoms with Gasteiger partial charge in [0.2, 0.25) is 0 Å². The standard InChI is InChI=1S/C17H16BrNO/c1-2-3-8-19-16-6-4-12(11-20)9-14(16)15-10-13(18)5-7-17(15)19/h4-7,9-11H,2-3,8H2,1H3. The van der Waals surface area contributed by atoms with E-state index >= 15 is 0 Å². The van der Waals surface area contributed by atoms with Gasteiger partial charge >= 0.3 is 0 Å². The molecule has 0 saturated heterocycles. The van der Waals surface area contributed by atoms with Gasteiger partial charge in [-0.05, 0) is 42.8 Å². The summed E-state index contributed by atoms with van der Waals surface area (Å²) in [4.78, 5) is 11.0. The van der Waals surface area contributed by atoms with Gasteiger partial charge in [0.1, 0.15) is 6.29 Å². The third-order valence-electron chi connectivity index (χ3n) is 3.72. The molecule has 2 nitrogen and oxygen atoms in total. The summed E-state index contributed by atoms with van der Waals surface area (Å²) in [6.45, 7) is 3.22. The molecule has 0 unspecified atom stereocenters. The minimum absolute atomic E-state index is 0.729. The third-order valence-corrected chi connectivity index (χ3v) is 4.22. The van der Waals surface area contributed by atoms with Crippen LogP contribution in [0.3, 0.4) is 0 Å². The molecule has 1 heterocycles. The summed E-state index contributed by atoms with van der Waals surface area (Å²) in [5.74, 6) is 0. The Labute approximate surface area is 126 Å². The molecular weight excluding hydrogens is 314 g/mol. The maximum Gasteiger partial charge on any atom is 0.150 e. The van der Waals surface area contributed by atoms with Crippen LogP contribution in [0.15, 0.2) is 40.9 Å². The number of halogens is 1. The van der Waals surface area contributed by atoms with Gasteiger partial charge < -0.3 is 4.57 Å². The van der Waals surface area contributed by atoms with Crippen LogP contribution in [0.1, 0.15) is 30.1 Å². The van der Waals surface area contributed by atoms with Crippen molar-refractivity contribution in [3.8, 4) is 0 Å². The highest BCUT2D eigenvalue weighted by atomic mass is 79.9. The van der Waals surface area contributed by atoms with Crippen LogP contribution >= 0.6 is 15.9 Å². The number of aromatic nitrogens is 1. The van der Waals surface area contributed by atoms with Gasteiger partial charge in [-0.25, -0.2) is 0 Å². The molecule has 0 radical (unpaired) electrons. The molecule has 0 saturated carbocycles. The average Bonchev–Trinajstić information content (AvgIpc) is 2.77. The predicted octanol–water partition coefficient (Wildman–Crippen LogP) is 5.17. The molecule has 0 spiro atoms. The van der Waals surface area contributed by atoms with Crippen molar-refractivity contribution in [3.63, 3.8) is 0 Å². The van der Waals surface area contributed by atoms with Gasteiger partial charge in [0, 0.05) is 38.4 Å². The summed E-state index contributed by atoms with van der Waals surface area (Å²) in [5, 5.41) is 2.36. The van der Waals surface area contributed by atoms with Crippen molar-refractivity contribution in [2.45, 2.75) is 26.3 Å². The van der Waals surface area contributed by atoms with E-state index in [1.54, 1.807) is 0 Å². The Morgan fingerprint density at radius 1 is 1.10 bits per heavy atom. The molecule has 0 fully saturated rings. The van der Waals surface area contributed by atoms with E-state index in [1.807, 2.05) is 12.1 Å². The van der Waals surface area contributed by atoms with Crippen LogP contribution in [-0.2, 0) is 6.54 Å².